The Labute approximate surface area is 146 Å². The number of aryl methyl sites for hydroxylation is 1. The van der Waals surface area contributed by atoms with Crippen molar-refractivity contribution in [2.75, 3.05) is 0 Å². The lowest BCUT2D eigenvalue weighted by atomic mass is 10.2. The van der Waals surface area contributed by atoms with Gasteiger partial charge in [0.25, 0.3) is 5.91 Å². The van der Waals surface area contributed by atoms with Crippen molar-refractivity contribution in [1.82, 2.24) is 20.8 Å². The summed E-state index contributed by atoms with van der Waals surface area (Å²) in [7, 11) is 0. The molecule has 2 amide bonds. The number of benzene rings is 2. The average Bonchev–Trinajstić information content (AvgIpc) is 3.01. The minimum atomic E-state index is -0.361. The summed E-state index contributed by atoms with van der Waals surface area (Å²) in [5.41, 5.74) is 7.09. The molecule has 0 spiro atoms. The molecule has 24 heavy (non-hydrogen) atoms. The highest BCUT2D eigenvalue weighted by Crippen LogP contribution is 2.11. The number of nitrogens with zero attached hydrogens (tertiary/aromatic N) is 1. The van der Waals surface area contributed by atoms with Crippen LogP contribution in [0.25, 0.3) is 11.0 Å². The highest BCUT2D eigenvalue weighted by molar-refractivity contribution is 9.10. The van der Waals surface area contributed by atoms with Gasteiger partial charge in [-0.15, -0.1) is 0 Å². The Hall–Kier alpha value is -2.67. The van der Waals surface area contributed by atoms with Crippen LogP contribution >= 0.6 is 15.9 Å². The third kappa shape index (κ3) is 3.99. The molecule has 0 aliphatic rings. The van der Waals surface area contributed by atoms with Gasteiger partial charge in [-0.05, 0) is 36.4 Å². The van der Waals surface area contributed by atoms with Crippen molar-refractivity contribution in [2.45, 2.75) is 12.8 Å². The van der Waals surface area contributed by atoms with Gasteiger partial charge in [-0.25, -0.2) is 4.98 Å². The number of nitrogens with one attached hydrogen (secondary N) is 3. The zero-order valence-corrected chi connectivity index (χ0v) is 14.3. The van der Waals surface area contributed by atoms with E-state index in [2.05, 4.69) is 36.7 Å². The summed E-state index contributed by atoms with van der Waals surface area (Å²) in [4.78, 5) is 31.3. The molecule has 0 aliphatic carbocycles. The van der Waals surface area contributed by atoms with Crippen molar-refractivity contribution in [1.29, 1.82) is 0 Å². The molecular formula is C17H15BrN4O2. The molecule has 3 N–H and O–H groups in total. The topological polar surface area (TPSA) is 86.9 Å². The molecular weight excluding hydrogens is 372 g/mol. The molecule has 0 saturated carbocycles. The first-order valence-electron chi connectivity index (χ1n) is 7.40. The Morgan fingerprint density at radius 1 is 1.04 bits per heavy atom. The maximum Gasteiger partial charge on any atom is 0.269 e. The van der Waals surface area contributed by atoms with Crippen LogP contribution in [0.1, 0.15) is 22.6 Å². The summed E-state index contributed by atoms with van der Waals surface area (Å²) in [6.07, 6.45) is 0.690. The Kier molecular flexibility index (Phi) is 4.90. The number of rotatable bonds is 4. The molecule has 0 atom stereocenters. The first-order valence-corrected chi connectivity index (χ1v) is 8.19. The molecule has 122 valence electrons. The highest BCUT2D eigenvalue weighted by Gasteiger charge is 2.09. The molecule has 0 bridgehead atoms. The molecule has 2 aromatic carbocycles. The van der Waals surface area contributed by atoms with Gasteiger partial charge < -0.3 is 4.98 Å². The van der Waals surface area contributed by atoms with Crippen molar-refractivity contribution >= 4 is 38.8 Å². The smallest absolute Gasteiger partial charge is 0.269 e. The number of aromatic amines is 1. The summed E-state index contributed by atoms with van der Waals surface area (Å²) in [6, 6.07) is 14.5. The minimum absolute atomic E-state index is 0.223. The fourth-order valence-corrected chi connectivity index (χ4v) is 2.48. The number of hydrogen-bond acceptors (Lipinski definition) is 3. The molecule has 0 unspecified atom stereocenters. The van der Waals surface area contributed by atoms with Crippen LogP contribution in [0.15, 0.2) is 53.0 Å². The number of para-hydroxylation sites is 2. The fourth-order valence-electron chi connectivity index (χ4n) is 2.22. The lowest BCUT2D eigenvalue weighted by Gasteiger charge is -2.07. The van der Waals surface area contributed by atoms with Crippen LogP contribution in [0, 0.1) is 0 Å². The summed E-state index contributed by atoms with van der Waals surface area (Å²) in [5, 5.41) is 0. The number of H-pyrrole nitrogens is 1. The highest BCUT2D eigenvalue weighted by atomic mass is 79.9. The third-order valence-corrected chi connectivity index (χ3v) is 3.98. The van der Waals surface area contributed by atoms with E-state index in [-0.39, 0.29) is 18.2 Å². The van der Waals surface area contributed by atoms with E-state index >= 15 is 0 Å². The predicted molar refractivity (Wildman–Crippen MR) is 94.2 cm³/mol. The number of imidazole rings is 1. The van der Waals surface area contributed by atoms with E-state index in [1.54, 1.807) is 24.3 Å². The van der Waals surface area contributed by atoms with E-state index in [9.17, 15) is 9.59 Å². The van der Waals surface area contributed by atoms with Crippen LogP contribution < -0.4 is 10.9 Å². The maximum atomic E-state index is 11.9. The van der Waals surface area contributed by atoms with Gasteiger partial charge in [0, 0.05) is 22.9 Å². The van der Waals surface area contributed by atoms with Crippen molar-refractivity contribution in [3.63, 3.8) is 0 Å². The number of carbonyl (C=O) groups excluding carboxylic acids is 2. The number of amides is 2. The third-order valence-electron chi connectivity index (χ3n) is 3.45. The van der Waals surface area contributed by atoms with Crippen LogP contribution in [0.2, 0.25) is 0 Å². The number of fused-ring (bicyclic) bond motifs is 1. The Balaban J connectivity index is 1.48. The van der Waals surface area contributed by atoms with Crippen molar-refractivity contribution in [3.05, 3.63) is 64.4 Å². The minimum Gasteiger partial charge on any atom is -0.342 e. The van der Waals surface area contributed by atoms with Crippen LogP contribution in [0.3, 0.4) is 0 Å². The first-order chi connectivity index (χ1) is 11.6. The van der Waals surface area contributed by atoms with Crippen LogP contribution in [-0.2, 0) is 11.2 Å². The van der Waals surface area contributed by atoms with Gasteiger partial charge in [0.1, 0.15) is 5.82 Å². The van der Waals surface area contributed by atoms with Gasteiger partial charge in [0.05, 0.1) is 11.0 Å². The fraction of sp³-hybridized carbons (Fsp3) is 0.118. The predicted octanol–water partition coefficient (Wildman–Crippen LogP) is 2.72. The second-order valence-corrected chi connectivity index (χ2v) is 6.13. The summed E-state index contributed by atoms with van der Waals surface area (Å²) in [5.74, 6) is 0.103. The lowest BCUT2D eigenvalue weighted by Crippen LogP contribution is -2.41. The van der Waals surface area contributed by atoms with Crippen LogP contribution in [0.5, 0.6) is 0 Å². The number of carbonyl (C=O) groups is 2. The molecule has 0 fully saturated rings. The van der Waals surface area contributed by atoms with Crippen LogP contribution in [-0.4, -0.2) is 21.8 Å². The molecule has 0 aliphatic heterocycles. The number of hydrazine groups is 1. The zero-order valence-electron chi connectivity index (χ0n) is 12.7. The van der Waals surface area contributed by atoms with E-state index in [4.69, 9.17) is 0 Å². The molecule has 7 heteroatoms. The quantitative estimate of drug-likeness (QED) is 0.602. The van der Waals surface area contributed by atoms with Gasteiger partial charge >= 0.3 is 0 Å². The molecule has 0 radical (unpaired) electrons. The normalized spacial score (nSPS) is 10.5. The largest absolute Gasteiger partial charge is 0.342 e. The van der Waals surface area contributed by atoms with Gasteiger partial charge in [0.2, 0.25) is 5.91 Å². The van der Waals surface area contributed by atoms with Crippen molar-refractivity contribution in [2.24, 2.45) is 0 Å². The Bertz CT molecular complexity index is 841. The van der Waals surface area contributed by atoms with Crippen molar-refractivity contribution < 1.29 is 9.59 Å². The van der Waals surface area contributed by atoms with E-state index < -0.39 is 0 Å². The van der Waals surface area contributed by atoms with Gasteiger partial charge in [-0.3, -0.25) is 20.4 Å². The lowest BCUT2D eigenvalue weighted by molar-refractivity contribution is -0.121. The van der Waals surface area contributed by atoms with E-state index in [0.717, 1.165) is 21.3 Å². The van der Waals surface area contributed by atoms with Gasteiger partial charge in [-0.1, -0.05) is 28.1 Å². The monoisotopic (exact) mass is 386 g/mol. The second kappa shape index (κ2) is 7.27. The standard InChI is InChI=1S/C17H15BrN4O2/c18-12-7-5-11(6-8-12)17(24)22-21-16(23)10-9-15-19-13-3-1-2-4-14(13)20-15/h1-8H,9-10H2,(H,19,20)(H,21,23)(H,22,24). The van der Waals surface area contributed by atoms with E-state index in [1.807, 2.05) is 24.3 Å². The summed E-state index contributed by atoms with van der Waals surface area (Å²) < 4.78 is 0.883. The van der Waals surface area contributed by atoms with E-state index in [0.29, 0.717) is 12.0 Å². The number of aromatic nitrogens is 2. The maximum absolute atomic E-state index is 11.9. The molecule has 3 aromatic rings. The van der Waals surface area contributed by atoms with Crippen molar-refractivity contribution in [3.8, 4) is 0 Å². The zero-order chi connectivity index (χ0) is 16.9. The first kappa shape index (κ1) is 16.2. The molecule has 1 heterocycles. The molecule has 1 aromatic heterocycles. The summed E-state index contributed by atoms with van der Waals surface area (Å²) in [6.45, 7) is 0. The number of hydrogen-bond donors (Lipinski definition) is 3. The van der Waals surface area contributed by atoms with Gasteiger partial charge in [0.15, 0.2) is 0 Å². The molecule has 0 saturated heterocycles. The molecule has 3 rings (SSSR count). The Morgan fingerprint density at radius 2 is 1.79 bits per heavy atom. The molecule has 6 nitrogen and oxygen atoms in total. The van der Waals surface area contributed by atoms with E-state index in [1.165, 1.54) is 0 Å². The summed E-state index contributed by atoms with van der Waals surface area (Å²) >= 11 is 3.30. The SMILES string of the molecule is O=C(CCc1nc2ccccc2[nH]1)NNC(=O)c1ccc(Br)cc1. The second-order valence-electron chi connectivity index (χ2n) is 5.21. The van der Waals surface area contributed by atoms with Gasteiger partial charge in [-0.2, -0.15) is 0 Å². The average molecular weight is 387 g/mol. The Morgan fingerprint density at radius 3 is 2.54 bits per heavy atom. The van der Waals surface area contributed by atoms with Crippen LogP contribution in [0.4, 0.5) is 0 Å². The number of halogens is 1.